The van der Waals surface area contributed by atoms with E-state index in [0.29, 0.717) is 12.2 Å². The summed E-state index contributed by atoms with van der Waals surface area (Å²) in [5.74, 6) is -0.289. The van der Waals surface area contributed by atoms with Crippen LogP contribution in [0.1, 0.15) is 11.1 Å². The average Bonchev–Trinajstić information content (AvgIpc) is 2.60. The van der Waals surface area contributed by atoms with E-state index in [4.69, 9.17) is 10.5 Å². The quantitative estimate of drug-likeness (QED) is 0.610. The Morgan fingerprint density at radius 1 is 1.08 bits per heavy atom. The number of amides is 3. The first kappa shape index (κ1) is 19.4. The Labute approximate surface area is 152 Å². The molecule has 0 aliphatic carbocycles. The van der Waals surface area contributed by atoms with Gasteiger partial charge in [0.05, 0.1) is 6.61 Å². The van der Waals surface area contributed by atoms with Gasteiger partial charge in [-0.3, -0.25) is 4.79 Å². The second kappa shape index (κ2) is 9.55. The lowest BCUT2D eigenvalue weighted by Crippen LogP contribution is -2.43. The molecule has 1 unspecified atom stereocenters. The predicted molar refractivity (Wildman–Crippen MR) is 102 cm³/mol. The Morgan fingerprint density at radius 3 is 2.38 bits per heavy atom. The molecule has 0 fully saturated rings. The SMILES string of the molecule is COCC(N)C(=O)NCc1cccc(NC(=O)Nc2cccc(C)c2)c1. The van der Waals surface area contributed by atoms with E-state index in [1.807, 2.05) is 37.3 Å². The summed E-state index contributed by atoms with van der Waals surface area (Å²) >= 11 is 0. The predicted octanol–water partition coefficient (Wildman–Crippen LogP) is 2.23. The van der Waals surface area contributed by atoms with Crippen molar-refractivity contribution >= 4 is 23.3 Å². The molecule has 0 heterocycles. The second-order valence-corrected chi connectivity index (χ2v) is 5.93. The minimum Gasteiger partial charge on any atom is -0.383 e. The number of urea groups is 1. The molecular formula is C19H24N4O3. The summed E-state index contributed by atoms with van der Waals surface area (Å²) in [4.78, 5) is 23.9. The number of hydrogen-bond acceptors (Lipinski definition) is 4. The molecule has 2 aromatic carbocycles. The van der Waals surface area contributed by atoms with Crippen LogP contribution < -0.4 is 21.7 Å². The van der Waals surface area contributed by atoms with Crippen molar-refractivity contribution in [1.29, 1.82) is 0 Å². The van der Waals surface area contributed by atoms with Crippen LogP contribution in [0.5, 0.6) is 0 Å². The van der Waals surface area contributed by atoms with Gasteiger partial charge in [0.1, 0.15) is 6.04 Å². The van der Waals surface area contributed by atoms with Crippen molar-refractivity contribution in [1.82, 2.24) is 5.32 Å². The molecule has 0 radical (unpaired) electrons. The van der Waals surface area contributed by atoms with Crippen LogP contribution in [0, 0.1) is 6.92 Å². The van der Waals surface area contributed by atoms with Gasteiger partial charge in [0.25, 0.3) is 0 Å². The maximum Gasteiger partial charge on any atom is 0.323 e. The Balaban J connectivity index is 1.90. The van der Waals surface area contributed by atoms with Crippen molar-refractivity contribution in [3.05, 3.63) is 59.7 Å². The van der Waals surface area contributed by atoms with E-state index in [2.05, 4.69) is 16.0 Å². The topological polar surface area (TPSA) is 105 Å². The van der Waals surface area contributed by atoms with E-state index in [-0.39, 0.29) is 18.5 Å². The van der Waals surface area contributed by atoms with E-state index in [9.17, 15) is 9.59 Å². The first-order valence-corrected chi connectivity index (χ1v) is 8.24. The van der Waals surface area contributed by atoms with Gasteiger partial charge in [0.2, 0.25) is 5.91 Å². The molecular weight excluding hydrogens is 332 g/mol. The van der Waals surface area contributed by atoms with E-state index in [1.54, 1.807) is 18.2 Å². The third-order valence-electron chi connectivity index (χ3n) is 3.61. The molecule has 0 aromatic heterocycles. The number of benzene rings is 2. The monoisotopic (exact) mass is 356 g/mol. The Bertz CT molecular complexity index is 764. The van der Waals surface area contributed by atoms with Crippen LogP contribution in [0.4, 0.5) is 16.2 Å². The lowest BCUT2D eigenvalue weighted by atomic mass is 10.2. The van der Waals surface area contributed by atoms with E-state index in [1.165, 1.54) is 7.11 Å². The van der Waals surface area contributed by atoms with E-state index in [0.717, 1.165) is 16.8 Å². The molecule has 2 rings (SSSR count). The molecule has 0 bridgehead atoms. The van der Waals surface area contributed by atoms with Gasteiger partial charge in [-0.2, -0.15) is 0 Å². The molecule has 0 spiro atoms. The lowest BCUT2D eigenvalue weighted by molar-refractivity contribution is -0.123. The highest BCUT2D eigenvalue weighted by Gasteiger charge is 2.12. The normalized spacial score (nSPS) is 11.5. The number of carbonyl (C=O) groups excluding carboxylic acids is 2. The van der Waals surface area contributed by atoms with Gasteiger partial charge in [0, 0.05) is 25.0 Å². The minimum atomic E-state index is -0.707. The molecule has 0 saturated heterocycles. The molecule has 5 N–H and O–H groups in total. The number of nitrogens with two attached hydrogens (primary N) is 1. The smallest absolute Gasteiger partial charge is 0.323 e. The van der Waals surface area contributed by atoms with Crippen LogP contribution in [0.25, 0.3) is 0 Å². The van der Waals surface area contributed by atoms with Crippen LogP contribution in [0.2, 0.25) is 0 Å². The Kier molecular flexibility index (Phi) is 7.13. The van der Waals surface area contributed by atoms with E-state index < -0.39 is 6.04 Å². The Morgan fingerprint density at radius 2 is 1.73 bits per heavy atom. The standard InChI is InChI=1S/C19H24N4O3/c1-13-5-3-7-15(9-13)22-19(25)23-16-8-4-6-14(10-16)11-21-18(24)17(20)12-26-2/h3-10,17H,11-12,20H2,1-2H3,(H,21,24)(H2,22,23,25). The van der Waals surface area contributed by atoms with Gasteiger partial charge in [-0.25, -0.2) is 4.79 Å². The van der Waals surface area contributed by atoms with Gasteiger partial charge in [0.15, 0.2) is 0 Å². The molecule has 0 aliphatic rings. The fraction of sp³-hybridized carbons (Fsp3) is 0.263. The van der Waals surface area contributed by atoms with Gasteiger partial charge in [-0.05, 0) is 42.3 Å². The minimum absolute atomic E-state index is 0.159. The maximum absolute atomic E-state index is 12.1. The molecule has 1 atom stereocenters. The number of anilines is 2. The third kappa shape index (κ3) is 6.19. The average molecular weight is 356 g/mol. The molecule has 7 heteroatoms. The number of nitrogens with one attached hydrogen (secondary N) is 3. The van der Waals surface area contributed by atoms with Crippen molar-refractivity contribution < 1.29 is 14.3 Å². The van der Waals surface area contributed by atoms with Crippen molar-refractivity contribution in [2.75, 3.05) is 24.4 Å². The van der Waals surface area contributed by atoms with Crippen LogP contribution in [0.3, 0.4) is 0 Å². The fourth-order valence-corrected chi connectivity index (χ4v) is 2.35. The summed E-state index contributed by atoms with van der Waals surface area (Å²) in [6.45, 7) is 2.43. The van der Waals surface area contributed by atoms with Crippen LogP contribution in [0.15, 0.2) is 48.5 Å². The zero-order valence-corrected chi connectivity index (χ0v) is 14.9. The highest BCUT2D eigenvalue weighted by atomic mass is 16.5. The van der Waals surface area contributed by atoms with Crippen LogP contribution >= 0.6 is 0 Å². The number of hydrogen-bond donors (Lipinski definition) is 4. The molecule has 7 nitrogen and oxygen atoms in total. The molecule has 0 aliphatic heterocycles. The zero-order valence-electron chi connectivity index (χ0n) is 14.9. The largest absolute Gasteiger partial charge is 0.383 e. The number of aryl methyl sites for hydroxylation is 1. The number of methoxy groups -OCH3 is 1. The van der Waals surface area contributed by atoms with Crippen molar-refractivity contribution in [3.63, 3.8) is 0 Å². The summed E-state index contributed by atoms with van der Waals surface area (Å²) in [6.07, 6.45) is 0. The molecule has 3 amide bonds. The summed E-state index contributed by atoms with van der Waals surface area (Å²) in [6, 6.07) is 13.7. The molecule has 2 aromatic rings. The number of carbonyl (C=O) groups is 2. The highest BCUT2D eigenvalue weighted by Crippen LogP contribution is 2.13. The van der Waals surface area contributed by atoms with Gasteiger partial charge < -0.3 is 26.4 Å². The van der Waals surface area contributed by atoms with Gasteiger partial charge in [-0.1, -0.05) is 24.3 Å². The van der Waals surface area contributed by atoms with Crippen LogP contribution in [-0.2, 0) is 16.1 Å². The Hall–Kier alpha value is -2.90. The zero-order chi connectivity index (χ0) is 18.9. The van der Waals surface area contributed by atoms with Crippen LogP contribution in [-0.4, -0.2) is 31.7 Å². The first-order chi connectivity index (χ1) is 12.5. The first-order valence-electron chi connectivity index (χ1n) is 8.24. The summed E-state index contributed by atoms with van der Waals surface area (Å²) in [7, 11) is 1.49. The lowest BCUT2D eigenvalue weighted by Gasteiger charge is -2.12. The highest BCUT2D eigenvalue weighted by molar-refractivity contribution is 5.99. The summed E-state index contributed by atoms with van der Waals surface area (Å²) < 4.78 is 4.86. The molecule has 0 saturated carbocycles. The number of ether oxygens (including phenoxy) is 1. The second-order valence-electron chi connectivity index (χ2n) is 5.93. The molecule has 138 valence electrons. The maximum atomic E-state index is 12.1. The molecule has 26 heavy (non-hydrogen) atoms. The fourth-order valence-electron chi connectivity index (χ4n) is 2.35. The summed E-state index contributed by atoms with van der Waals surface area (Å²) in [5.41, 5.74) is 8.92. The van der Waals surface area contributed by atoms with Gasteiger partial charge in [-0.15, -0.1) is 0 Å². The van der Waals surface area contributed by atoms with Crippen molar-refractivity contribution in [2.24, 2.45) is 5.73 Å². The van der Waals surface area contributed by atoms with Gasteiger partial charge >= 0.3 is 6.03 Å². The van der Waals surface area contributed by atoms with Crippen molar-refractivity contribution in [3.8, 4) is 0 Å². The number of rotatable bonds is 7. The third-order valence-corrected chi connectivity index (χ3v) is 3.61. The van der Waals surface area contributed by atoms with E-state index >= 15 is 0 Å². The summed E-state index contributed by atoms with van der Waals surface area (Å²) in [5, 5.41) is 8.29. The van der Waals surface area contributed by atoms with Crippen molar-refractivity contribution in [2.45, 2.75) is 19.5 Å².